The van der Waals surface area contributed by atoms with Gasteiger partial charge in [-0.25, -0.2) is 0 Å². The van der Waals surface area contributed by atoms with E-state index in [0.717, 1.165) is 29.9 Å². The molecule has 0 spiro atoms. The monoisotopic (exact) mass is 294 g/mol. The molecule has 1 aromatic rings. The van der Waals surface area contributed by atoms with Crippen LogP contribution in [0.2, 0.25) is 5.02 Å². The van der Waals surface area contributed by atoms with Gasteiger partial charge in [-0.3, -0.25) is 0 Å². The number of nitrogens with one attached hydrogen (secondary N) is 1. The molecule has 3 heteroatoms. The maximum atomic E-state index is 6.45. The van der Waals surface area contributed by atoms with Gasteiger partial charge in [-0.2, -0.15) is 0 Å². The van der Waals surface area contributed by atoms with E-state index in [4.69, 9.17) is 11.6 Å². The van der Waals surface area contributed by atoms with Crippen molar-refractivity contribution in [3.63, 3.8) is 0 Å². The molecule has 1 aliphatic carbocycles. The summed E-state index contributed by atoms with van der Waals surface area (Å²) in [5, 5.41) is 4.41. The van der Waals surface area contributed by atoms with Crippen LogP contribution in [-0.4, -0.2) is 19.1 Å². The highest BCUT2D eigenvalue weighted by atomic mass is 35.5. The van der Waals surface area contributed by atoms with Crippen LogP contribution in [0, 0.1) is 11.8 Å². The Hall–Kier alpha value is -0.730. The summed E-state index contributed by atoms with van der Waals surface area (Å²) in [6, 6.07) is 6.20. The molecule has 1 aliphatic rings. The first-order chi connectivity index (χ1) is 9.28. The lowest BCUT2D eigenvalue weighted by molar-refractivity contribution is 0.424. The number of halogens is 1. The van der Waals surface area contributed by atoms with Gasteiger partial charge in [0.05, 0.1) is 10.7 Å². The zero-order valence-corrected chi connectivity index (χ0v) is 14.1. The minimum atomic E-state index is 0.114. The smallest absolute Gasteiger partial charge is 0.0642 e. The Labute approximate surface area is 128 Å². The van der Waals surface area contributed by atoms with Crippen molar-refractivity contribution in [3.8, 4) is 0 Å². The van der Waals surface area contributed by atoms with Crippen molar-refractivity contribution in [2.75, 3.05) is 18.5 Å². The van der Waals surface area contributed by atoms with Gasteiger partial charge in [0, 0.05) is 25.7 Å². The van der Waals surface area contributed by atoms with Gasteiger partial charge in [0.15, 0.2) is 0 Å². The number of para-hydroxylation sites is 1. The first-order valence-corrected chi connectivity index (χ1v) is 7.89. The van der Waals surface area contributed by atoms with Gasteiger partial charge in [-0.05, 0) is 50.7 Å². The Kier molecular flexibility index (Phi) is 4.66. The van der Waals surface area contributed by atoms with Gasteiger partial charge in [0.25, 0.3) is 0 Å². The average Bonchev–Trinajstić information content (AvgIpc) is 3.01. The number of hydrogen-bond donors (Lipinski definition) is 1. The zero-order chi connectivity index (χ0) is 14.9. The van der Waals surface area contributed by atoms with Crippen molar-refractivity contribution >= 4 is 17.3 Å². The molecule has 1 aromatic carbocycles. The van der Waals surface area contributed by atoms with E-state index in [0.29, 0.717) is 0 Å². The van der Waals surface area contributed by atoms with Crippen LogP contribution in [0.1, 0.15) is 39.7 Å². The normalized spacial score (nSPS) is 21.9. The maximum absolute atomic E-state index is 6.45. The summed E-state index contributed by atoms with van der Waals surface area (Å²) < 4.78 is 0. The maximum Gasteiger partial charge on any atom is 0.0642 e. The quantitative estimate of drug-likeness (QED) is 0.870. The Morgan fingerprint density at radius 2 is 2.00 bits per heavy atom. The Morgan fingerprint density at radius 1 is 1.35 bits per heavy atom. The fourth-order valence-corrected chi connectivity index (χ4v) is 2.93. The second-order valence-electron chi connectivity index (χ2n) is 7.20. The molecule has 1 N–H and O–H groups in total. The summed E-state index contributed by atoms with van der Waals surface area (Å²) in [5.74, 6) is 1.70. The van der Waals surface area contributed by atoms with E-state index in [1.54, 1.807) is 0 Å². The van der Waals surface area contributed by atoms with Crippen molar-refractivity contribution in [2.45, 2.75) is 46.2 Å². The lowest BCUT2D eigenvalue weighted by Gasteiger charge is -2.26. The van der Waals surface area contributed by atoms with E-state index in [1.807, 2.05) is 12.1 Å². The Balaban J connectivity index is 2.13. The largest absolute Gasteiger partial charge is 0.373 e. The highest BCUT2D eigenvalue weighted by Gasteiger charge is 2.33. The molecule has 0 aromatic heterocycles. The summed E-state index contributed by atoms with van der Waals surface area (Å²) in [5.41, 5.74) is 2.58. The highest BCUT2D eigenvalue weighted by molar-refractivity contribution is 6.33. The molecule has 2 nitrogen and oxygen atoms in total. The molecule has 0 bridgehead atoms. The van der Waals surface area contributed by atoms with E-state index in [-0.39, 0.29) is 5.54 Å². The third kappa shape index (κ3) is 4.13. The first-order valence-electron chi connectivity index (χ1n) is 7.51. The summed E-state index contributed by atoms with van der Waals surface area (Å²) in [6.45, 7) is 10.8. The van der Waals surface area contributed by atoms with Gasteiger partial charge in [-0.15, -0.1) is 0 Å². The number of nitrogens with zero attached hydrogens (tertiary/aromatic N) is 1. The van der Waals surface area contributed by atoms with E-state index in [9.17, 15) is 0 Å². The molecular weight excluding hydrogens is 268 g/mol. The summed E-state index contributed by atoms with van der Waals surface area (Å²) in [6.07, 6.45) is 1.35. The van der Waals surface area contributed by atoms with Crippen molar-refractivity contribution in [3.05, 3.63) is 28.8 Å². The van der Waals surface area contributed by atoms with E-state index in [1.165, 1.54) is 17.7 Å². The van der Waals surface area contributed by atoms with Crippen LogP contribution in [0.15, 0.2) is 18.2 Å². The van der Waals surface area contributed by atoms with Crippen LogP contribution < -0.4 is 10.2 Å². The molecule has 0 aliphatic heterocycles. The molecule has 0 amide bonds. The SMILES string of the molecule is CC1CC1CN(C)c1c(Cl)cccc1CNC(C)(C)C. The van der Waals surface area contributed by atoms with Crippen LogP contribution in [-0.2, 0) is 6.54 Å². The minimum Gasteiger partial charge on any atom is -0.373 e. The predicted molar refractivity (Wildman–Crippen MR) is 88.6 cm³/mol. The molecule has 2 atom stereocenters. The third-order valence-corrected chi connectivity index (χ3v) is 4.35. The van der Waals surface area contributed by atoms with Crippen molar-refractivity contribution in [2.24, 2.45) is 11.8 Å². The number of hydrogen-bond acceptors (Lipinski definition) is 2. The first kappa shape index (κ1) is 15.7. The number of benzene rings is 1. The zero-order valence-electron chi connectivity index (χ0n) is 13.3. The average molecular weight is 295 g/mol. The van der Waals surface area contributed by atoms with Gasteiger partial charge < -0.3 is 10.2 Å². The highest BCUT2D eigenvalue weighted by Crippen LogP contribution is 2.40. The van der Waals surface area contributed by atoms with E-state index < -0.39 is 0 Å². The van der Waals surface area contributed by atoms with E-state index in [2.05, 4.69) is 51.0 Å². The van der Waals surface area contributed by atoms with Gasteiger partial charge >= 0.3 is 0 Å². The van der Waals surface area contributed by atoms with Crippen LogP contribution in [0.4, 0.5) is 5.69 Å². The molecule has 1 fully saturated rings. The summed E-state index contributed by atoms with van der Waals surface area (Å²) in [4.78, 5) is 2.33. The number of anilines is 1. The number of rotatable bonds is 5. The van der Waals surface area contributed by atoms with Crippen LogP contribution in [0.5, 0.6) is 0 Å². The molecule has 2 rings (SSSR count). The molecular formula is C17H27ClN2. The second-order valence-corrected chi connectivity index (χ2v) is 7.61. The minimum absolute atomic E-state index is 0.114. The topological polar surface area (TPSA) is 15.3 Å². The lowest BCUT2D eigenvalue weighted by Crippen LogP contribution is -2.35. The van der Waals surface area contributed by atoms with Crippen molar-refractivity contribution in [1.29, 1.82) is 0 Å². The van der Waals surface area contributed by atoms with Crippen molar-refractivity contribution in [1.82, 2.24) is 5.32 Å². The summed E-state index contributed by atoms with van der Waals surface area (Å²) in [7, 11) is 2.16. The van der Waals surface area contributed by atoms with Crippen LogP contribution >= 0.6 is 11.6 Å². The third-order valence-electron chi connectivity index (χ3n) is 4.05. The standard InChI is InChI=1S/C17H27ClN2/c1-12-9-14(12)11-20(5)16-13(7-6-8-15(16)18)10-19-17(2,3)4/h6-8,12,14,19H,9-11H2,1-5H3. The van der Waals surface area contributed by atoms with Gasteiger partial charge in [0.2, 0.25) is 0 Å². The second kappa shape index (κ2) is 5.95. The lowest BCUT2D eigenvalue weighted by atomic mass is 10.1. The van der Waals surface area contributed by atoms with Gasteiger partial charge in [0.1, 0.15) is 0 Å². The predicted octanol–water partition coefficient (Wildman–Crippen LogP) is 4.32. The molecule has 0 saturated heterocycles. The van der Waals surface area contributed by atoms with Crippen molar-refractivity contribution < 1.29 is 0 Å². The fraction of sp³-hybridized carbons (Fsp3) is 0.647. The molecule has 0 heterocycles. The van der Waals surface area contributed by atoms with E-state index >= 15 is 0 Å². The fourth-order valence-electron chi connectivity index (χ4n) is 2.59. The molecule has 1 saturated carbocycles. The molecule has 112 valence electrons. The molecule has 2 unspecified atom stereocenters. The molecule has 0 radical (unpaired) electrons. The van der Waals surface area contributed by atoms with Gasteiger partial charge in [-0.1, -0.05) is 30.7 Å². The van der Waals surface area contributed by atoms with Crippen LogP contribution in [0.25, 0.3) is 0 Å². The molecule has 20 heavy (non-hydrogen) atoms. The van der Waals surface area contributed by atoms with Crippen LogP contribution in [0.3, 0.4) is 0 Å². The summed E-state index contributed by atoms with van der Waals surface area (Å²) >= 11 is 6.45. The Bertz CT molecular complexity index is 465. The Morgan fingerprint density at radius 3 is 2.55 bits per heavy atom.